The molecule has 2 aromatic rings. The highest BCUT2D eigenvalue weighted by Gasteiger charge is 2.18. The van der Waals surface area contributed by atoms with Crippen LogP contribution in [0.1, 0.15) is 20.7 Å². The molecule has 2 aromatic carbocycles. The largest absolute Gasteiger partial charge is 0.505 e. The first kappa shape index (κ1) is 12.6. The quantitative estimate of drug-likeness (QED) is 0.371. The number of phenolic OH excluding ortho intramolecular Hbond substituents is 1. The Labute approximate surface area is 109 Å². The van der Waals surface area contributed by atoms with Crippen LogP contribution in [0.4, 0.5) is 5.69 Å². The number of para-hydroxylation sites is 1. The van der Waals surface area contributed by atoms with Gasteiger partial charge in [0.25, 0.3) is 0 Å². The third-order valence-corrected chi connectivity index (χ3v) is 2.48. The lowest BCUT2D eigenvalue weighted by Gasteiger charge is -2.06. The van der Waals surface area contributed by atoms with Gasteiger partial charge in [-0.15, -0.1) is 0 Å². The molecule has 0 radical (unpaired) electrons. The number of ether oxygens (including phenoxy) is 1. The summed E-state index contributed by atoms with van der Waals surface area (Å²) in [5.41, 5.74) is 5.60. The normalized spacial score (nSPS) is 9.89. The molecule has 5 heteroatoms. The van der Waals surface area contributed by atoms with Crippen LogP contribution in [0.25, 0.3) is 0 Å². The number of phenols is 1. The van der Waals surface area contributed by atoms with Gasteiger partial charge in [-0.1, -0.05) is 24.3 Å². The van der Waals surface area contributed by atoms with Crippen LogP contribution in [0.2, 0.25) is 0 Å². The van der Waals surface area contributed by atoms with Gasteiger partial charge in [-0.05, 0) is 24.3 Å². The minimum absolute atomic E-state index is 0.0432. The summed E-state index contributed by atoms with van der Waals surface area (Å²) < 4.78 is 4.66. The Morgan fingerprint density at radius 3 is 2.32 bits per heavy atom. The summed E-state index contributed by atoms with van der Waals surface area (Å²) in [4.78, 5) is 23.4. The van der Waals surface area contributed by atoms with E-state index in [1.807, 2.05) is 0 Å². The van der Waals surface area contributed by atoms with Crippen LogP contribution in [-0.2, 0) is 4.74 Å². The van der Waals surface area contributed by atoms with Crippen LogP contribution in [0.5, 0.6) is 5.75 Å². The molecule has 0 aliphatic rings. The van der Waals surface area contributed by atoms with E-state index in [1.54, 1.807) is 18.2 Å². The Hall–Kier alpha value is -2.82. The number of carbonyl (C=O) groups is 2. The average molecular weight is 257 g/mol. The van der Waals surface area contributed by atoms with Gasteiger partial charge in [-0.3, -0.25) is 0 Å². The molecule has 0 heterocycles. The van der Waals surface area contributed by atoms with E-state index in [0.717, 1.165) is 0 Å². The minimum atomic E-state index is -0.946. The molecule has 5 nitrogen and oxygen atoms in total. The van der Waals surface area contributed by atoms with Gasteiger partial charge in [-0.2, -0.15) is 0 Å². The maximum Gasteiger partial charge on any atom is 0.349 e. The van der Waals surface area contributed by atoms with Gasteiger partial charge >= 0.3 is 11.9 Å². The number of esters is 2. The van der Waals surface area contributed by atoms with Crippen molar-refractivity contribution in [3.8, 4) is 5.75 Å². The maximum absolute atomic E-state index is 11.7. The highest BCUT2D eigenvalue weighted by atomic mass is 16.6. The molecular weight excluding hydrogens is 246 g/mol. The molecule has 0 spiro atoms. The van der Waals surface area contributed by atoms with Crippen molar-refractivity contribution in [1.82, 2.24) is 0 Å². The Morgan fingerprint density at radius 2 is 1.63 bits per heavy atom. The fourth-order valence-electron chi connectivity index (χ4n) is 1.50. The molecule has 3 N–H and O–H groups in total. The van der Waals surface area contributed by atoms with Crippen molar-refractivity contribution in [2.45, 2.75) is 0 Å². The van der Waals surface area contributed by atoms with Gasteiger partial charge in [0.05, 0.1) is 11.3 Å². The molecule has 96 valence electrons. The zero-order valence-corrected chi connectivity index (χ0v) is 9.87. The van der Waals surface area contributed by atoms with E-state index in [1.165, 1.54) is 30.3 Å². The summed E-state index contributed by atoms with van der Waals surface area (Å²) in [6, 6.07) is 12.3. The second-order valence-electron chi connectivity index (χ2n) is 3.79. The lowest BCUT2D eigenvalue weighted by molar-refractivity contribution is 0.0396. The molecule has 0 atom stereocenters. The van der Waals surface area contributed by atoms with Gasteiger partial charge in [0.15, 0.2) is 5.75 Å². The molecular formula is C14H11NO4. The van der Waals surface area contributed by atoms with Gasteiger partial charge < -0.3 is 15.6 Å². The van der Waals surface area contributed by atoms with Crippen molar-refractivity contribution >= 4 is 17.6 Å². The first-order chi connectivity index (χ1) is 9.09. The third kappa shape index (κ3) is 2.71. The smallest absolute Gasteiger partial charge is 0.349 e. The summed E-state index contributed by atoms with van der Waals surface area (Å²) in [5, 5.41) is 9.61. The number of anilines is 1. The molecule has 2 rings (SSSR count). The molecule has 0 saturated heterocycles. The van der Waals surface area contributed by atoms with Crippen LogP contribution in [0.3, 0.4) is 0 Å². The molecule has 0 saturated carbocycles. The molecule has 0 bridgehead atoms. The van der Waals surface area contributed by atoms with Gasteiger partial charge in [0.2, 0.25) is 0 Å². The van der Waals surface area contributed by atoms with E-state index in [4.69, 9.17) is 5.73 Å². The number of nitrogens with two attached hydrogens (primary N) is 1. The van der Waals surface area contributed by atoms with Crippen LogP contribution >= 0.6 is 0 Å². The average Bonchev–Trinajstić information content (AvgIpc) is 2.42. The fraction of sp³-hybridized carbons (Fsp3) is 0. The molecule has 0 aliphatic carbocycles. The maximum atomic E-state index is 11.7. The number of hydrogen-bond acceptors (Lipinski definition) is 5. The first-order valence-electron chi connectivity index (χ1n) is 5.48. The van der Waals surface area contributed by atoms with Crippen molar-refractivity contribution in [2.24, 2.45) is 0 Å². The second-order valence-corrected chi connectivity index (χ2v) is 3.79. The Balaban J connectivity index is 2.18. The highest BCUT2D eigenvalue weighted by Crippen LogP contribution is 2.25. The van der Waals surface area contributed by atoms with E-state index in [2.05, 4.69) is 4.74 Å². The summed E-state index contributed by atoms with van der Waals surface area (Å²) in [6.45, 7) is 0. The van der Waals surface area contributed by atoms with Crippen LogP contribution in [0.15, 0.2) is 48.5 Å². The monoisotopic (exact) mass is 257 g/mol. The van der Waals surface area contributed by atoms with E-state index in [9.17, 15) is 14.7 Å². The van der Waals surface area contributed by atoms with Crippen molar-refractivity contribution in [1.29, 1.82) is 0 Å². The number of aromatic hydroxyl groups is 1. The van der Waals surface area contributed by atoms with Crippen molar-refractivity contribution in [3.05, 3.63) is 59.7 Å². The number of nitrogen functional groups attached to an aromatic ring is 1. The predicted octanol–water partition coefficient (Wildman–Crippen LogP) is 1.97. The summed E-state index contributed by atoms with van der Waals surface area (Å²) >= 11 is 0. The molecule has 0 unspecified atom stereocenters. The Bertz CT molecular complexity index is 623. The fourth-order valence-corrected chi connectivity index (χ4v) is 1.50. The standard InChI is InChI=1S/C14H11NO4/c15-11-8-4-7-10(12(11)16)14(18)19-13(17)9-5-2-1-3-6-9/h1-8,16H,15H2. The second kappa shape index (κ2) is 5.22. The van der Waals surface area contributed by atoms with E-state index in [0.29, 0.717) is 0 Å². The van der Waals surface area contributed by atoms with Crippen molar-refractivity contribution in [3.63, 3.8) is 0 Å². The number of carbonyl (C=O) groups excluding carboxylic acids is 2. The number of rotatable bonds is 2. The van der Waals surface area contributed by atoms with Crippen molar-refractivity contribution < 1.29 is 19.4 Å². The van der Waals surface area contributed by atoms with Crippen LogP contribution in [0, 0.1) is 0 Å². The molecule has 0 fully saturated rings. The van der Waals surface area contributed by atoms with Gasteiger partial charge in [-0.25, -0.2) is 9.59 Å². The predicted molar refractivity (Wildman–Crippen MR) is 68.7 cm³/mol. The zero-order valence-electron chi connectivity index (χ0n) is 9.87. The summed E-state index contributed by atoms with van der Waals surface area (Å²) in [6.07, 6.45) is 0. The van der Waals surface area contributed by atoms with Gasteiger partial charge in [0, 0.05) is 0 Å². The van der Waals surface area contributed by atoms with Gasteiger partial charge in [0.1, 0.15) is 5.56 Å². The summed E-state index contributed by atoms with van der Waals surface area (Å²) in [7, 11) is 0. The molecule has 19 heavy (non-hydrogen) atoms. The third-order valence-electron chi connectivity index (χ3n) is 2.48. The van der Waals surface area contributed by atoms with E-state index < -0.39 is 17.7 Å². The number of hydrogen-bond donors (Lipinski definition) is 2. The van der Waals surface area contributed by atoms with Crippen LogP contribution < -0.4 is 5.73 Å². The Kier molecular flexibility index (Phi) is 3.47. The lowest BCUT2D eigenvalue weighted by Crippen LogP contribution is -2.13. The summed E-state index contributed by atoms with van der Waals surface area (Å²) in [5.74, 6) is -2.13. The van der Waals surface area contributed by atoms with E-state index in [-0.39, 0.29) is 16.8 Å². The first-order valence-corrected chi connectivity index (χ1v) is 5.48. The van der Waals surface area contributed by atoms with Crippen molar-refractivity contribution in [2.75, 3.05) is 5.73 Å². The molecule has 0 aliphatic heterocycles. The molecule has 0 aromatic heterocycles. The molecule has 0 amide bonds. The minimum Gasteiger partial charge on any atom is -0.505 e. The lowest BCUT2D eigenvalue weighted by atomic mass is 10.1. The van der Waals surface area contributed by atoms with E-state index >= 15 is 0 Å². The SMILES string of the molecule is Nc1cccc(C(=O)OC(=O)c2ccccc2)c1O. The highest BCUT2D eigenvalue weighted by molar-refractivity contribution is 6.04. The van der Waals surface area contributed by atoms with Crippen LogP contribution in [-0.4, -0.2) is 17.0 Å². The number of benzene rings is 2. The Morgan fingerprint density at radius 1 is 0.947 bits per heavy atom. The zero-order chi connectivity index (χ0) is 13.8. The topological polar surface area (TPSA) is 89.6 Å².